The second-order valence-electron chi connectivity index (χ2n) is 5.75. The molecule has 1 aliphatic heterocycles. The largest absolute Gasteiger partial charge is 0.293 e. The van der Waals surface area contributed by atoms with Crippen LogP contribution in [0.4, 0.5) is 0 Å². The van der Waals surface area contributed by atoms with E-state index in [1.807, 2.05) is 6.20 Å². The molecule has 0 fully saturated rings. The van der Waals surface area contributed by atoms with Crippen LogP contribution < -0.4 is 0 Å². The van der Waals surface area contributed by atoms with E-state index in [-0.39, 0.29) is 0 Å². The molecule has 0 amide bonds. The van der Waals surface area contributed by atoms with Crippen LogP contribution in [-0.4, -0.2) is 31.4 Å². The fourth-order valence-corrected chi connectivity index (χ4v) is 2.95. The summed E-state index contributed by atoms with van der Waals surface area (Å²) >= 11 is 12.3. The van der Waals surface area contributed by atoms with Crippen molar-refractivity contribution < 1.29 is 0 Å². The minimum absolute atomic E-state index is 0.326. The Morgan fingerprint density at radius 2 is 1.91 bits per heavy atom. The van der Waals surface area contributed by atoms with E-state index in [2.05, 4.69) is 33.7 Å². The van der Waals surface area contributed by atoms with Crippen molar-refractivity contribution in [2.45, 2.75) is 39.3 Å². The van der Waals surface area contributed by atoms with E-state index in [4.69, 9.17) is 28.2 Å². The Morgan fingerprint density at radius 3 is 2.59 bits per heavy atom. The van der Waals surface area contributed by atoms with Gasteiger partial charge in [0.15, 0.2) is 0 Å². The van der Waals surface area contributed by atoms with Gasteiger partial charge in [-0.1, -0.05) is 37.0 Å². The van der Waals surface area contributed by atoms with Gasteiger partial charge >= 0.3 is 0 Å². The van der Waals surface area contributed by atoms with Gasteiger partial charge in [0.2, 0.25) is 0 Å². The molecule has 22 heavy (non-hydrogen) atoms. The molecule has 0 aliphatic carbocycles. The van der Waals surface area contributed by atoms with Crippen LogP contribution in [-0.2, 0) is 19.5 Å². The van der Waals surface area contributed by atoms with Gasteiger partial charge in [0.05, 0.1) is 5.69 Å². The lowest BCUT2D eigenvalue weighted by atomic mass is 10.1. The summed E-state index contributed by atoms with van der Waals surface area (Å²) in [6.45, 7) is 6.50. The predicted molar refractivity (Wildman–Crippen MR) is 86.0 cm³/mol. The average molecular weight is 338 g/mol. The first kappa shape index (κ1) is 15.6. The van der Waals surface area contributed by atoms with Gasteiger partial charge in [0, 0.05) is 37.3 Å². The van der Waals surface area contributed by atoms with Crippen molar-refractivity contribution in [1.29, 1.82) is 0 Å². The smallest absolute Gasteiger partial charge is 0.138 e. The number of hydrogen-bond acceptors (Lipinski definition) is 5. The van der Waals surface area contributed by atoms with Gasteiger partial charge in [-0.15, -0.1) is 0 Å². The van der Waals surface area contributed by atoms with Crippen LogP contribution in [0.3, 0.4) is 0 Å². The number of halogens is 2. The molecule has 0 unspecified atom stereocenters. The molecule has 3 rings (SSSR count). The Labute approximate surface area is 139 Å². The van der Waals surface area contributed by atoms with Crippen LogP contribution in [0, 0.1) is 0 Å². The van der Waals surface area contributed by atoms with Gasteiger partial charge in [-0.3, -0.25) is 4.90 Å². The van der Waals surface area contributed by atoms with Crippen molar-refractivity contribution in [3.05, 3.63) is 45.5 Å². The maximum Gasteiger partial charge on any atom is 0.138 e. The SMILES string of the molecule is CC(C)c1ncc2c(n1)CN(Cc1c(Cl)ncnc1Cl)CC2. The molecule has 0 saturated heterocycles. The summed E-state index contributed by atoms with van der Waals surface area (Å²) in [6.07, 6.45) is 4.26. The molecule has 2 aromatic heterocycles. The second kappa shape index (κ2) is 6.44. The summed E-state index contributed by atoms with van der Waals surface area (Å²) in [6, 6.07) is 0. The van der Waals surface area contributed by atoms with Crippen LogP contribution >= 0.6 is 23.2 Å². The third-order valence-corrected chi connectivity index (χ3v) is 4.43. The van der Waals surface area contributed by atoms with Crippen molar-refractivity contribution in [3.63, 3.8) is 0 Å². The summed E-state index contributed by atoms with van der Waals surface area (Å²) in [5.74, 6) is 1.21. The standard InChI is InChI=1S/C15H17Cl2N5/c1-9(2)15-18-5-10-3-4-22(7-12(10)21-15)6-11-13(16)19-8-20-14(11)17/h5,8-9H,3-4,6-7H2,1-2H3. The fraction of sp³-hybridized carbons (Fsp3) is 0.467. The van der Waals surface area contributed by atoms with Gasteiger partial charge in [0.1, 0.15) is 22.5 Å². The van der Waals surface area contributed by atoms with E-state index in [0.29, 0.717) is 22.8 Å². The monoisotopic (exact) mass is 337 g/mol. The van der Waals surface area contributed by atoms with Gasteiger partial charge in [-0.2, -0.15) is 0 Å². The quantitative estimate of drug-likeness (QED) is 0.804. The van der Waals surface area contributed by atoms with E-state index >= 15 is 0 Å². The van der Waals surface area contributed by atoms with Crippen LogP contribution in [0.15, 0.2) is 12.5 Å². The zero-order valence-corrected chi connectivity index (χ0v) is 14.1. The van der Waals surface area contributed by atoms with E-state index in [9.17, 15) is 0 Å². The topological polar surface area (TPSA) is 54.8 Å². The molecule has 0 radical (unpaired) electrons. The molecule has 0 spiro atoms. The number of aromatic nitrogens is 4. The highest BCUT2D eigenvalue weighted by Gasteiger charge is 2.21. The first-order valence-corrected chi connectivity index (χ1v) is 8.02. The molecular weight excluding hydrogens is 321 g/mol. The van der Waals surface area contributed by atoms with Gasteiger partial charge in [-0.05, 0) is 12.0 Å². The highest BCUT2D eigenvalue weighted by molar-refractivity contribution is 6.34. The third kappa shape index (κ3) is 3.21. The third-order valence-electron chi connectivity index (χ3n) is 3.78. The van der Waals surface area contributed by atoms with Crippen LogP contribution in [0.1, 0.15) is 42.4 Å². The highest BCUT2D eigenvalue weighted by Crippen LogP contribution is 2.25. The summed E-state index contributed by atoms with van der Waals surface area (Å²) in [5, 5.41) is 0.827. The summed E-state index contributed by atoms with van der Waals surface area (Å²) in [4.78, 5) is 19.4. The lowest BCUT2D eigenvalue weighted by Crippen LogP contribution is -2.31. The fourth-order valence-electron chi connectivity index (χ4n) is 2.51. The maximum absolute atomic E-state index is 6.13. The number of nitrogens with zero attached hydrogens (tertiary/aromatic N) is 5. The summed E-state index contributed by atoms with van der Waals surface area (Å²) < 4.78 is 0. The Bertz CT molecular complexity index is 669. The zero-order chi connectivity index (χ0) is 15.7. The van der Waals surface area contributed by atoms with Gasteiger partial charge < -0.3 is 0 Å². The van der Waals surface area contributed by atoms with Crippen LogP contribution in [0.5, 0.6) is 0 Å². The van der Waals surface area contributed by atoms with Crippen molar-refractivity contribution in [2.75, 3.05) is 6.54 Å². The predicted octanol–water partition coefficient (Wildman–Crippen LogP) is 3.26. The minimum Gasteiger partial charge on any atom is -0.293 e. The van der Waals surface area contributed by atoms with Crippen LogP contribution in [0.25, 0.3) is 0 Å². The highest BCUT2D eigenvalue weighted by atomic mass is 35.5. The molecule has 116 valence electrons. The zero-order valence-electron chi connectivity index (χ0n) is 12.6. The molecule has 5 nitrogen and oxygen atoms in total. The molecule has 0 atom stereocenters. The normalized spacial score (nSPS) is 15.1. The van der Waals surface area contributed by atoms with Crippen molar-refractivity contribution >= 4 is 23.2 Å². The lowest BCUT2D eigenvalue weighted by molar-refractivity contribution is 0.240. The molecular formula is C15H17Cl2N5. The molecule has 0 bridgehead atoms. The van der Waals surface area contributed by atoms with Crippen molar-refractivity contribution in [2.24, 2.45) is 0 Å². The number of fused-ring (bicyclic) bond motifs is 1. The molecule has 7 heteroatoms. The average Bonchev–Trinajstić information content (AvgIpc) is 2.50. The lowest BCUT2D eigenvalue weighted by Gasteiger charge is -2.28. The van der Waals surface area contributed by atoms with Gasteiger partial charge in [0.25, 0.3) is 0 Å². The van der Waals surface area contributed by atoms with Gasteiger partial charge in [-0.25, -0.2) is 19.9 Å². The first-order valence-electron chi connectivity index (χ1n) is 7.26. The van der Waals surface area contributed by atoms with Crippen molar-refractivity contribution in [3.8, 4) is 0 Å². The maximum atomic E-state index is 6.13. The molecule has 3 heterocycles. The minimum atomic E-state index is 0.326. The Kier molecular flexibility index (Phi) is 4.57. The Hall–Kier alpha value is -1.30. The van der Waals surface area contributed by atoms with E-state index in [0.717, 1.165) is 36.6 Å². The summed E-state index contributed by atoms with van der Waals surface area (Å²) in [5.41, 5.74) is 3.09. The van der Waals surface area contributed by atoms with E-state index in [1.54, 1.807) is 0 Å². The first-order chi connectivity index (χ1) is 10.5. The Morgan fingerprint density at radius 1 is 1.18 bits per heavy atom. The molecule has 2 aromatic rings. The molecule has 0 saturated carbocycles. The molecule has 1 aliphatic rings. The van der Waals surface area contributed by atoms with Crippen LogP contribution in [0.2, 0.25) is 10.3 Å². The van der Waals surface area contributed by atoms with Crippen molar-refractivity contribution in [1.82, 2.24) is 24.8 Å². The molecule has 0 aromatic carbocycles. The Balaban J connectivity index is 1.80. The summed E-state index contributed by atoms with van der Waals surface area (Å²) in [7, 11) is 0. The van der Waals surface area contributed by atoms with E-state index < -0.39 is 0 Å². The second-order valence-corrected chi connectivity index (χ2v) is 6.47. The molecule has 0 N–H and O–H groups in total. The van der Waals surface area contributed by atoms with E-state index in [1.165, 1.54) is 11.9 Å². The number of rotatable bonds is 3. The number of hydrogen-bond donors (Lipinski definition) is 0.